The molecule has 5 heteroatoms. The van der Waals surface area contributed by atoms with Crippen LogP contribution >= 0.6 is 11.3 Å². The number of hydrogen-bond donors (Lipinski definition) is 2. The molecule has 1 aliphatic rings. The first-order valence-corrected chi connectivity index (χ1v) is 5.90. The van der Waals surface area contributed by atoms with E-state index in [4.69, 9.17) is 0 Å². The monoisotopic (exact) mass is 220 g/mol. The van der Waals surface area contributed by atoms with Crippen molar-refractivity contribution in [2.45, 2.75) is 19.4 Å². The van der Waals surface area contributed by atoms with Crippen molar-refractivity contribution in [3.8, 4) is 0 Å². The zero-order valence-electron chi connectivity index (χ0n) is 8.45. The third-order valence-corrected chi connectivity index (χ3v) is 3.47. The minimum Gasteiger partial charge on any atom is -0.348 e. The molecule has 0 amide bonds. The van der Waals surface area contributed by atoms with E-state index in [1.807, 2.05) is 6.92 Å². The van der Waals surface area contributed by atoms with Crippen molar-refractivity contribution in [1.29, 1.82) is 0 Å². The highest BCUT2D eigenvalue weighted by molar-refractivity contribution is 7.09. The number of nitrogens with one attached hydrogen (secondary N) is 2. The molecule has 4 nitrogen and oxygen atoms in total. The summed E-state index contributed by atoms with van der Waals surface area (Å²) in [5.41, 5.74) is 3.43. The van der Waals surface area contributed by atoms with Gasteiger partial charge < -0.3 is 10.3 Å². The Morgan fingerprint density at radius 1 is 1.53 bits per heavy atom. The fourth-order valence-corrected chi connectivity index (χ4v) is 2.61. The summed E-state index contributed by atoms with van der Waals surface area (Å²) in [5, 5.41) is 6.67. The number of hydrogen-bond acceptors (Lipinski definition) is 4. The van der Waals surface area contributed by atoms with Crippen molar-refractivity contribution in [3.05, 3.63) is 33.8 Å². The minimum absolute atomic E-state index is 0.171. The number of rotatable bonds is 1. The third kappa shape index (κ3) is 1.48. The number of imidazole rings is 1. The number of aryl methyl sites for hydroxylation is 1. The van der Waals surface area contributed by atoms with Crippen molar-refractivity contribution < 1.29 is 0 Å². The maximum Gasteiger partial charge on any atom is 0.0952 e. The quantitative estimate of drug-likeness (QED) is 0.764. The molecular weight excluding hydrogens is 208 g/mol. The van der Waals surface area contributed by atoms with Crippen LogP contribution in [0.3, 0.4) is 0 Å². The normalized spacial score (nSPS) is 20.2. The molecule has 1 unspecified atom stereocenters. The molecule has 2 aromatic rings. The van der Waals surface area contributed by atoms with Gasteiger partial charge in [-0.3, -0.25) is 0 Å². The second-order valence-corrected chi connectivity index (χ2v) is 4.76. The fraction of sp³-hybridized carbons (Fsp3) is 0.400. The second-order valence-electron chi connectivity index (χ2n) is 3.69. The van der Waals surface area contributed by atoms with Crippen molar-refractivity contribution >= 4 is 11.3 Å². The number of fused-ring (bicyclic) bond motifs is 1. The van der Waals surface area contributed by atoms with Crippen LogP contribution in [0.4, 0.5) is 0 Å². The highest BCUT2D eigenvalue weighted by Crippen LogP contribution is 2.26. The van der Waals surface area contributed by atoms with E-state index in [0.717, 1.165) is 29.4 Å². The van der Waals surface area contributed by atoms with E-state index >= 15 is 0 Å². The first-order chi connectivity index (χ1) is 7.34. The summed E-state index contributed by atoms with van der Waals surface area (Å²) in [7, 11) is 0. The molecular formula is C10H12N4S. The summed E-state index contributed by atoms with van der Waals surface area (Å²) < 4.78 is 0. The van der Waals surface area contributed by atoms with E-state index < -0.39 is 0 Å². The van der Waals surface area contributed by atoms with Gasteiger partial charge in [0.15, 0.2) is 0 Å². The summed E-state index contributed by atoms with van der Waals surface area (Å²) in [6.45, 7) is 3.01. The highest BCUT2D eigenvalue weighted by atomic mass is 32.1. The van der Waals surface area contributed by atoms with Gasteiger partial charge in [-0.25, -0.2) is 9.97 Å². The summed E-state index contributed by atoms with van der Waals surface area (Å²) in [6, 6.07) is 0.171. The van der Waals surface area contributed by atoms with Gasteiger partial charge in [0.05, 0.1) is 28.8 Å². The molecule has 2 aromatic heterocycles. The van der Waals surface area contributed by atoms with Crippen LogP contribution in [0.5, 0.6) is 0 Å². The van der Waals surface area contributed by atoms with Crippen LogP contribution in [0, 0.1) is 6.92 Å². The van der Waals surface area contributed by atoms with Crippen LogP contribution in [0.15, 0.2) is 11.7 Å². The fourth-order valence-electron chi connectivity index (χ4n) is 1.98. The van der Waals surface area contributed by atoms with Gasteiger partial charge in [0.25, 0.3) is 0 Å². The minimum atomic E-state index is 0.171. The first kappa shape index (κ1) is 9.06. The van der Waals surface area contributed by atoms with E-state index in [1.165, 1.54) is 5.69 Å². The van der Waals surface area contributed by atoms with E-state index in [0.29, 0.717) is 0 Å². The first-order valence-electron chi connectivity index (χ1n) is 5.02. The van der Waals surface area contributed by atoms with Gasteiger partial charge in [-0.15, -0.1) is 11.3 Å². The van der Waals surface area contributed by atoms with Gasteiger partial charge in [-0.2, -0.15) is 0 Å². The molecule has 0 fully saturated rings. The average Bonchev–Trinajstić information content (AvgIpc) is 2.84. The van der Waals surface area contributed by atoms with E-state index in [9.17, 15) is 0 Å². The molecule has 3 heterocycles. The average molecular weight is 220 g/mol. The Labute approximate surface area is 91.8 Å². The Morgan fingerprint density at radius 3 is 3.27 bits per heavy atom. The lowest BCUT2D eigenvalue weighted by atomic mass is 10.0. The van der Waals surface area contributed by atoms with E-state index in [-0.39, 0.29) is 6.04 Å². The summed E-state index contributed by atoms with van der Waals surface area (Å²) >= 11 is 1.69. The van der Waals surface area contributed by atoms with E-state index in [2.05, 4.69) is 25.6 Å². The maximum absolute atomic E-state index is 4.51. The smallest absolute Gasteiger partial charge is 0.0952 e. The lowest BCUT2D eigenvalue weighted by Gasteiger charge is -2.21. The SMILES string of the molecule is Cc1nc(C2NCCc3[nH]cnc32)cs1. The van der Waals surface area contributed by atoms with Crippen molar-refractivity contribution in [2.24, 2.45) is 0 Å². The lowest BCUT2D eigenvalue weighted by molar-refractivity contribution is 0.544. The Bertz CT molecular complexity index is 473. The van der Waals surface area contributed by atoms with Crippen LogP contribution in [-0.2, 0) is 6.42 Å². The Balaban J connectivity index is 2.02. The van der Waals surface area contributed by atoms with Crippen molar-refractivity contribution in [3.63, 3.8) is 0 Å². The van der Waals surface area contributed by atoms with Crippen LogP contribution in [0.2, 0.25) is 0 Å². The molecule has 2 N–H and O–H groups in total. The number of nitrogens with zero attached hydrogens (tertiary/aromatic N) is 2. The zero-order chi connectivity index (χ0) is 10.3. The molecule has 0 aliphatic carbocycles. The van der Waals surface area contributed by atoms with Crippen LogP contribution in [0.1, 0.15) is 28.1 Å². The molecule has 15 heavy (non-hydrogen) atoms. The largest absolute Gasteiger partial charge is 0.348 e. The molecule has 78 valence electrons. The maximum atomic E-state index is 4.51. The molecule has 0 spiro atoms. The zero-order valence-corrected chi connectivity index (χ0v) is 9.27. The highest BCUT2D eigenvalue weighted by Gasteiger charge is 2.25. The summed E-state index contributed by atoms with van der Waals surface area (Å²) in [4.78, 5) is 12.1. The third-order valence-electron chi connectivity index (χ3n) is 2.68. The Morgan fingerprint density at radius 2 is 2.47 bits per heavy atom. The topological polar surface area (TPSA) is 53.6 Å². The van der Waals surface area contributed by atoms with Crippen LogP contribution in [-0.4, -0.2) is 21.5 Å². The van der Waals surface area contributed by atoms with E-state index in [1.54, 1.807) is 17.7 Å². The van der Waals surface area contributed by atoms with Gasteiger partial charge in [-0.1, -0.05) is 0 Å². The number of aromatic amines is 1. The van der Waals surface area contributed by atoms with Crippen molar-refractivity contribution in [2.75, 3.05) is 6.54 Å². The number of thiazole rings is 1. The molecule has 3 rings (SSSR count). The van der Waals surface area contributed by atoms with Crippen LogP contribution in [0.25, 0.3) is 0 Å². The molecule has 0 aromatic carbocycles. The van der Waals surface area contributed by atoms with Crippen molar-refractivity contribution in [1.82, 2.24) is 20.3 Å². The molecule has 0 radical (unpaired) electrons. The van der Waals surface area contributed by atoms with Gasteiger partial charge in [0, 0.05) is 24.0 Å². The Kier molecular flexibility index (Phi) is 2.07. The standard InChI is InChI=1S/C10H12N4S/c1-6-14-8(4-15-6)10-9-7(2-3-11-10)12-5-13-9/h4-5,10-11H,2-3H2,1H3,(H,12,13). The van der Waals surface area contributed by atoms with Gasteiger partial charge in [-0.05, 0) is 6.92 Å². The molecule has 0 saturated heterocycles. The molecule has 0 bridgehead atoms. The molecule has 0 saturated carbocycles. The second kappa shape index (κ2) is 3.43. The lowest BCUT2D eigenvalue weighted by Crippen LogP contribution is -2.30. The number of aromatic nitrogens is 3. The Hall–Kier alpha value is -1.20. The molecule has 1 aliphatic heterocycles. The number of H-pyrrole nitrogens is 1. The molecule has 1 atom stereocenters. The van der Waals surface area contributed by atoms with Gasteiger partial charge in [0.2, 0.25) is 0 Å². The van der Waals surface area contributed by atoms with Gasteiger partial charge >= 0.3 is 0 Å². The van der Waals surface area contributed by atoms with Gasteiger partial charge in [0.1, 0.15) is 0 Å². The predicted molar refractivity (Wildman–Crippen MR) is 59.0 cm³/mol. The summed E-state index contributed by atoms with van der Waals surface area (Å²) in [6.07, 6.45) is 2.79. The predicted octanol–water partition coefficient (Wildman–Crippen LogP) is 1.41. The summed E-state index contributed by atoms with van der Waals surface area (Å²) in [5.74, 6) is 0. The van der Waals surface area contributed by atoms with Crippen LogP contribution < -0.4 is 5.32 Å².